The maximum absolute atomic E-state index is 6.02. The Kier molecular flexibility index (Phi) is 4.93. The summed E-state index contributed by atoms with van der Waals surface area (Å²) in [6.07, 6.45) is 0.807. The molecule has 0 aromatic heterocycles. The molecule has 0 N–H and O–H groups in total. The van der Waals surface area contributed by atoms with E-state index in [-0.39, 0.29) is 0 Å². The average Bonchev–Trinajstić information content (AvgIpc) is 2.33. The Morgan fingerprint density at radius 3 is 2.33 bits per heavy atom. The largest absolute Gasteiger partial charge is 0.490 e. The van der Waals surface area contributed by atoms with Crippen molar-refractivity contribution in [2.75, 3.05) is 6.61 Å². The number of benzene rings is 2. The smallest absolute Gasteiger partial charge is 0.156 e. The van der Waals surface area contributed by atoms with Crippen molar-refractivity contribution < 1.29 is 4.74 Å². The molecule has 0 unspecified atom stereocenters. The van der Waals surface area contributed by atoms with Crippen molar-refractivity contribution in [3.63, 3.8) is 0 Å². The van der Waals surface area contributed by atoms with E-state index in [0.717, 1.165) is 10.9 Å². The van der Waals surface area contributed by atoms with Gasteiger partial charge >= 0.3 is 0 Å². The van der Waals surface area contributed by atoms with Crippen LogP contribution in [0.15, 0.2) is 46.9 Å². The predicted octanol–water partition coefficient (Wildman–Crippen LogP) is 5.38. The van der Waals surface area contributed by atoms with Crippen LogP contribution < -0.4 is 4.74 Å². The molecule has 2 aromatic rings. The van der Waals surface area contributed by atoms with Crippen molar-refractivity contribution in [2.45, 2.75) is 6.42 Å². The lowest BCUT2D eigenvalue weighted by atomic mass is 10.2. The van der Waals surface area contributed by atoms with E-state index in [1.165, 1.54) is 5.56 Å². The lowest BCUT2D eigenvalue weighted by Crippen LogP contribution is -2.02. The Hall–Kier alpha value is -0.700. The van der Waals surface area contributed by atoms with Crippen molar-refractivity contribution in [1.29, 1.82) is 0 Å². The molecule has 0 bridgehead atoms. The minimum Gasteiger partial charge on any atom is -0.490 e. The second kappa shape index (κ2) is 6.46. The van der Waals surface area contributed by atoms with Crippen LogP contribution >= 0.6 is 39.1 Å². The number of hydrogen-bond donors (Lipinski definition) is 0. The van der Waals surface area contributed by atoms with Gasteiger partial charge in [-0.2, -0.15) is 0 Å². The Bertz CT molecular complexity index is 523. The molecule has 18 heavy (non-hydrogen) atoms. The molecule has 0 aliphatic carbocycles. The molecule has 0 saturated heterocycles. The molecule has 4 heteroatoms. The van der Waals surface area contributed by atoms with Gasteiger partial charge in [-0.05, 0) is 29.8 Å². The summed E-state index contributed by atoms with van der Waals surface area (Å²) < 4.78 is 6.70. The summed E-state index contributed by atoms with van der Waals surface area (Å²) in [5.41, 5.74) is 1.20. The lowest BCUT2D eigenvalue weighted by molar-refractivity contribution is 0.322. The van der Waals surface area contributed by atoms with E-state index in [1.54, 1.807) is 18.2 Å². The normalized spacial score (nSPS) is 10.4. The maximum Gasteiger partial charge on any atom is 0.156 e. The summed E-state index contributed by atoms with van der Waals surface area (Å²) in [5, 5.41) is 1.08. The van der Waals surface area contributed by atoms with E-state index in [2.05, 4.69) is 28.1 Å². The van der Waals surface area contributed by atoms with Crippen LogP contribution in [0.4, 0.5) is 0 Å². The first-order valence-corrected chi connectivity index (χ1v) is 7.03. The van der Waals surface area contributed by atoms with Crippen LogP contribution in [0.2, 0.25) is 10.0 Å². The second-order valence-electron chi connectivity index (χ2n) is 3.78. The molecule has 0 spiro atoms. The van der Waals surface area contributed by atoms with Crippen LogP contribution in [0.5, 0.6) is 5.75 Å². The summed E-state index contributed by atoms with van der Waals surface area (Å²) in [7, 11) is 0. The van der Waals surface area contributed by atoms with Gasteiger partial charge < -0.3 is 4.74 Å². The molecule has 0 saturated carbocycles. The van der Waals surface area contributed by atoms with E-state index in [4.69, 9.17) is 27.9 Å². The average molecular weight is 346 g/mol. The molecule has 2 aromatic carbocycles. The molecule has 1 nitrogen and oxygen atoms in total. The van der Waals surface area contributed by atoms with Gasteiger partial charge in [0.1, 0.15) is 0 Å². The zero-order chi connectivity index (χ0) is 13.0. The third kappa shape index (κ3) is 3.64. The highest BCUT2D eigenvalue weighted by Gasteiger charge is 2.06. The fraction of sp³-hybridized carbons (Fsp3) is 0.143. The fourth-order valence-electron chi connectivity index (χ4n) is 1.58. The highest BCUT2D eigenvalue weighted by molar-refractivity contribution is 9.10. The van der Waals surface area contributed by atoms with E-state index in [1.807, 2.05) is 12.1 Å². The van der Waals surface area contributed by atoms with Crippen molar-refractivity contribution >= 4 is 39.1 Å². The van der Waals surface area contributed by atoms with Crippen LogP contribution in [0.25, 0.3) is 0 Å². The number of halogens is 3. The Balaban J connectivity index is 1.97. The monoisotopic (exact) mass is 344 g/mol. The van der Waals surface area contributed by atoms with E-state index < -0.39 is 0 Å². The summed E-state index contributed by atoms with van der Waals surface area (Å²) >= 11 is 15.5. The third-order valence-corrected chi connectivity index (χ3v) is 3.53. The van der Waals surface area contributed by atoms with Gasteiger partial charge in [0.25, 0.3) is 0 Å². The summed E-state index contributed by atoms with van der Waals surface area (Å²) in [4.78, 5) is 0. The Morgan fingerprint density at radius 1 is 1.00 bits per heavy atom. The number of hydrogen-bond acceptors (Lipinski definition) is 1. The molecule has 2 rings (SSSR count). The van der Waals surface area contributed by atoms with E-state index in [0.29, 0.717) is 22.4 Å². The predicted molar refractivity (Wildman–Crippen MR) is 79.8 cm³/mol. The zero-order valence-electron chi connectivity index (χ0n) is 9.50. The van der Waals surface area contributed by atoms with Crippen LogP contribution in [0, 0.1) is 0 Å². The molecule has 0 fully saturated rings. The molecule has 0 heterocycles. The molecule has 0 aliphatic rings. The fourth-order valence-corrected chi connectivity index (χ4v) is 2.54. The Labute approximate surface area is 125 Å². The summed E-state index contributed by atoms with van der Waals surface area (Å²) in [5.74, 6) is 0.552. The molecular formula is C14H11BrCl2O. The molecule has 0 radical (unpaired) electrons. The van der Waals surface area contributed by atoms with Gasteiger partial charge in [-0.15, -0.1) is 0 Å². The molecule has 94 valence electrons. The third-order valence-electron chi connectivity index (χ3n) is 2.45. The first-order chi connectivity index (χ1) is 8.66. The molecule has 0 aliphatic heterocycles. The Morgan fingerprint density at radius 2 is 1.67 bits per heavy atom. The minimum atomic E-state index is 0.539. The van der Waals surface area contributed by atoms with Crippen molar-refractivity contribution in [3.8, 4) is 5.75 Å². The van der Waals surface area contributed by atoms with Gasteiger partial charge in [0, 0.05) is 10.9 Å². The van der Waals surface area contributed by atoms with Crippen molar-refractivity contribution in [2.24, 2.45) is 0 Å². The first-order valence-electron chi connectivity index (χ1n) is 5.48. The summed E-state index contributed by atoms with van der Waals surface area (Å²) in [6, 6.07) is 13.5. The molecule has 0 atom stereocenters. The molecule has 0 amide bonds. The zero-order valence-corrected chi connectivity index (χ0v) is 12.6. The van der Waals surface area contributed by atoms with Crippen LogP contribution in [0.1, 0.15) is 5.56 Å². The van der Waals surface area contributed by atoms with Crippen LogP contribution in [0.3, 0.4) is 0 Å². The van der Waals surface area contributed by atoms with Crippen molar-refractivity contribution in [3.05, 3.63) is 62.5 Å². The highest BCUT2D eigenvalue weighted by Crippen LogP contribution is 2.32. The molecular weight excluding hydrogens is 335 g/mol. The van der Waals surface area contributed by atoms with Gasteiger partial charge in [-0.3, -0.25) is 0 Å². The standard InChI is InChI=1S/C14H11BrCl2O/c15-11-4-1-3-10(9-11)7-8-18-14-12(16)5-2-6-13(14)17/h1-6,9H,7-8H2. The van der Waals surface area contributed by atoms with Gasteiger partial charge in [0.2, 0.25) is 0 Å². The van der Waals surface area contributed by atoms with Crippen molar-refractivity contribution in [1.82, 2.24) is 0 Å². The van der Waals surface area contributed by atoms with Gasteiger partial charge in [0.15, 0.2) is 5.75 Å². The highest BCUT2D eigenvalue weighted by atomic mass is 79.9. The first kappa shape index (κ1) is 13.7. The lowest BCUT2D eigenvalue weighted by Gasteiger charge is -2.09. The van der Waals surface area contributed by atoms with E-state index >= 15 is 0 Å². The van der Waals surface area contributed by atoms with Crippen LogP contribution in [-0.4, -0.2) is 6.61 Å². The van der Waals surface area contributed by atoms with Gasteiger partial charge in [-0.25, -0.2) is 0 Å². The SMILES string of the molecule is Clc1cccc(Cl)c1OCCc1cccc(Br)c1. The quantitative estimate of drug-likeness (QED) is 0.723. The second-order valence-corrected chi connectivity index (χ2v) is 5.51. The number of ether oxygens (including phenoxy) is 1. The minimum absolute atomic E-state index is 0.539. The number of para-hydroxylation sites is 1. The maximum atomic E-state index is 6.02. The topological polar surface area (TPSA) is 9.23 Å². The number of rotatable bonds is 4. The van der Waals surface area contributed by atoms with E-state index in [9.17, 15) is 0 Å². The van der Waals surface area contributed by atoms with Crippen LogP contribution in [-0.2, 0) is 6.42 Å². The summed E-state index contributed by atoms with van der Waals surface area (Å²) in [6.45, 7) is 0.542. The van der Waals surface area contributed by atoms with Gasteiger partial charge in [-0.1, -0.05) is 57.3 Å². The van der Waals surface area contributed by atoms with Gasteiger partial charge in [0.05, 0.1) is 16.7 Å².